The Hall–Kier alpha value is -2.36. The average molecular weight is 288 g/mol. The van der Waals surface area contributed by atoms with E-state index in [2.05, 4.69) is 0 Å². The van der Waals surface area contributed by atoms with E-state index in [9.17, 15) is 9.18 Å². The van der Waals surface area contributed by atoms with E-state index < -0.39 is 11.8 Å². The van der Waals surface area contributed by atoms with E-state index in [-0.39, 0.29) is 5.56 Å². The van der Waals surface area contributed by atoms with Gasteiger partial charge in [0, 0.05) is 0 Å². The molecular formula is C17H17FO3. The van der Waals surface area contributed by atoms with Crippen molar-refractivity contribution in [1.82, 2.24) is 0 Å². The molecule has 0 saturated carbocycles. The lowest BCUT2D eigenvalue weighted by molar-refractivity contribution is 0.0692. The Balaban J connectivity index is 2.34. The Morgan fingerprint density at radius 2 is 2.00 bits per heavy atom. The largest absolute Gasteiger partial charge is 0.494 e. The molecule has 0 bridgehead atoms. The summed E-state index contributed by atoms with van der Waals surface area (Å²) in [5.41, 5.74) is 2.14. The molecule has 2 aromatic rings. The van der Waals surface area contributed by atoms with E-state index in [1.807, 2.05) is 32.0 Å². The maximum atomic E-state index is 13.8. The van der Waals surface area contributed by atoms with Gasteiger partial charge in [-0.05, 0) is 54.3 Å². The van der Waals surface area contributed by atoms with Crippen molar-refractivity contribution in [3.63, 3.8) is 0 Å². The van der Waals surface area contributed by atoms with Gasteiger partial charge in [-0.3, -0.25) is 0 Å². The summed E-state index contributed by atoms with van der Waals surface area (Å²) in [5.74, 6) is -1.22. The van der Waals surface area contributed by atoms with Crippen molar-refractivity contribution < 1.29 is 19.0 Å². The number of carbonyl (C=O) groups is 1. The molecule has 2 rings (SSSR count). The van der Waals surface area contributed by atoms with Gasteiger partial charge < -0.3 is 9.84 Å². The Morgan fingerprint density at radius 1 is 1.24 bits per heavy atom. The smallest absolute Gasteiger partial charge is 0.338 e. The molecule has 21 heavy (non-hydrogen) atoms. The minimum Gasteiger partial charge on any atom is -0.494 e. The van der Waals surface area contributed by atoms with Crippen LogP contribution in [0.5, 0.6) is 5.75 Å². The second-order valence-corrected chi connectivity index (χ2v) is 4.82. The predicted octanol–water partition coefficient (Wildman–Crippen LogP) is 4.29. The number of aryl methyl sites for hydroxylation is 1. The SMILES string of the molecule is CCCOc1ccc(-c2ccc(C(=O)O)c(F)c2)c(C)c1. The Kier molecular flexibility index (Phi) is 4.58. The van der Waals surface area contributed by atoms with Crippen LogP contribution in [0.3, 0.4) is 0 Å². The van der Waals surface area contributed by atoms with Gasteiger partial charge in [-0.25, -0.2) is 9.18 Å². The summed E-state index contributed by atoms with van der Waals surface area (Å²) in [7, 11) is 0. The predicted molar refractivity (Wildman–Crippen MR) is 79.3 cm³/mol. The quantitative estimate of drug-likeness (QED) is 0.892. The summed E-state index contributed by atoms with van der Waals surface area (Å²) < 4.78 is 19.3. The molecule has 4 heteroatoms. The van der Waals surface area contributed by atoms with Crippen molar-refractivity contribution >= 4 is 5.97 Å². The first-order chi connectivity index (χ1) is 10.0. The van der Waals surface area contributed by atoms with Crippen LogP contribution in [0.15, 0.2) is 36.4 Å². The lowest BCUT2D eigenvalue weighted by atomic mass is 9.99. The van der Waals surface area contributed by atoms with E-state index in [4.69, 9.17) is 9.84 Å². The monoisotopic (exact) mass is 288 g/mol. The third-order valence-corrected chi connectivity index (χ3v) is 3.18. The van der Waals surface area contributed by atoms with Crippen LogP contribution < -0.4 is 4.74 Å². The number of benzene rings is 2. The standard InChI is InChI=1S/C17H17FO3/c1-3-8-21-13-5-7-14(11(2)9-13)12-4-6-15(17(19)20)16(18)10-12/h4-7,9-10H,3,8H2,1-2H3,(H,19,20). The highest BCUT2D eigenvalue weighted by atomic mass is 19.1. The van der Waals surface area contributed by atoms with Crippen LogP contribution in [0.2, 0.25) is 0 Å². The number of carboxylic acids is 1. The van der Waals surface area contributed by atoms with Crippen LogP contribution in [0.1, 0.15) is 29.3 Å². The normalized spacial score (nSPS) is 10.4. The van der Waals surface area contributed by atoms with Crippen LogP contribution in [0.4, 0.5) is 4.39 Å². The summed E-state index contributed by atoms with van der Waals surface area (Å²) in [6, 6.07) is 9.73. The van der Waals surface area contributed by atoms with E-state index >= 15 is 0 Å². The van der Waals surface area contributed by atoms with Crippen molar-refractivity contribution in [2.45, 2.75) is 20.3 Å². The Labute approximate surface area is 123 Å². The van der Waals surface area contributed by atoms with Gasteiger partial charge in [-0.2, -0.15) is 0 Å². The van der Waals surface area contributed by atoms with Crippen molar-refractivity contribution in [1.29, 1.82) is 0 Å². The van der Waals surface area contributed by atoms with Crippen LogP contribution in [0.25, 0.3) is 11.1 Å². The molecule has 0 unspecified atom stereocenters. The fourth-order valence-corrected chi connectivity index (χ4v) is 2.13. The molecule has 0 atom stereocenters. The molecule has 0 amide bonds. The summed E-state index contributed by atoms with van der Waals surface area (Å²) in [6.45, 7) is 4.60. The molecule has 0 aromatic heterocycles. The van der Waals surface area contributed by atoms with Crippen molar-refractivity contribution in [2.75, 3.05) is 6.61 Å². The van der Waals surface area contributed by atoms with E-state index in [0.29, 0.717) is 12.2 Å². The molecule has 3 nitrogen and oxygen atoms in total. The molecule has 0 saturated heterocycles. The van der Waals surface area contributed by atoms with E-state index in [1.54, 1.807) is 6.07 Å². The van der Waals surface area contributed by atoms with Crippen molar-refractivity contribution in [3.05, 3.63) is 53.3 Å². The molecule has 2 aromatic carbocycles. The zero-order valence-corrected chi connectivity index (χ0v) is 12.0. The van der Waals surface area contributed by atoms with Gasteiger partial charge in [0.15, 0.2) is 0 Å². The molecule has 1 N–H and O–H groups in total. The van der Waals surface area contributed by atoms with Gasteiger partial charge >= 0.3 is 5.97 Å². The molecule has 110 valence electrons. The highest BCUT2D eigenvalue weighted by Gasteiger charge is 2.12. The van der Waals surface area contributed by atoms with Crippen LogP contribution >= 0.6 is 0 Å². The second-order valence-electron chi connectivity index (χ2n) is 4.82. The topological polar surface area (TPSA) is 46.5 Å². The first-order valence-corrected chi connectivity index (χ1v) is 6.79. The van der Waals surface area contributed by atoms with Gasteiger partial charge in [-0.1, -0.05) is 19.1 Å². The zero-order valence-electron chi connectivity index (χ0n) is 12.0. The molecule has 0 radical (unpaired) electrons. The highest BCUT2D eigenvalue weighted by Crippen LogP contribution is 2.28. The maximum Gasteiger partial charge on any atom is 0.338 e. The number of hydrogen-bond donors (Lipinski definition) is 1. The van der Waals surface area contributed by atoms with Gasteiger partial charge in [0.2, 0.25) is 0 Å². The summed E-state index contributed by atoms with van der Waals surface area (Å²) >= 11 is 0. The van der Waals surface area contributed by atoms with Crippen LogP contribution in [-0.2, 0) is 0 Å². The fourth-order valence-electron chi connectivity index (χ4n) is 2.13. The molecule has 0 spiro atoms. The molecule has 0 heterocycles. The molecule has 0 aliphatic carbocycles. The van der Waals surface area contributed by atoms with Crippen LogP contribution in [0, 0.1) is 12.7 Å². The first-order valence-electron chi connectivity index (χ1n) is 6.79. The van der Waals surface area contributed by atoms with Crippen LogP contribution in [-0.4, -0.2) is 17.7 Å². The molecular weight excluding hydrogens is 271 g/mol. The third kappa shape index (κ3) is 3.40. The molecule has 0 fully saturated rings. The number of halogens is 1. The second kappa shape index (κ2) is 6.39. The minimum atomic E-state index is -1.26. The average Bonchev–Trinajstić information content (AvgIpc) is 2.44. The number of ether oxygens (including phenoxy) is 1. The lowest BCUT2D eigenvalue weighted by Crippen LogP contribution is -2.00. The number of carboxylic acid groups (broad SMARTS) is 1. The summed E-state index contributed by atoms with van der Waals surface area (Å²) in [6.07, 6.45) is 0.933. The third-order valence-electron chi connectivity index (χ3n) is 3.18. The summed E-state index contributed by atoms with van der Waals surface area (Å²) in [5, 5.41) is 8.84. The Morgan fingerprint density at radius 3 is 2.57 bits per heavy atom. The maximum absolute atomic E-state index is 13.8. The summed E-state index contributed by atoms with van der Waals surface area (Å²) in [4.78, 5) is 10.8. The number of hydrogen-bond acceptors (Lipinski definition) is 2. The number of aromatic carboxylic acids is 1. The number of rotatable bonds is 5. The van der Waals surface area contributed by atoms with Gasteiger partial charge in [0.25, 0.3) is 0 Å². The molecule has 0 aliphatic rings. The van der Waals surface area contributed by atoms with E-state index in [1.165, 1.54) is 12.1 Å². The van der Waals surface area contributed by atoms with Gasteiger partial charge in [-0.15, -0.1) is 0 Å². The Bertz CT molecular complexity index is 665. The molecule has 0 aliphatic heterocycles. The lowest BCUT2D eigenvalue weighted by Gasteiger charge is -2.10. The van der Waals surface area contributed by atoms with E-state index in [0.717, 1.165) is 23.3 Å². The van der Waals surface area contributed by atoms with Gasteiger partial charge in [0.05, 0.1) is 12.2 Å². The first kappa shape index (κ1) is 15.0. The minimum absolute atomic E-state index is 0.320. The highest BCUT2D eigenvalue weighted by molar-refractivity contribution is 5.88. The van der Waals surface area contributed by atoms with Gasteiger partial charge in [0.1, 0.15) is 11.6 Å². The zero-order chi connectivity index (χ0) is 15.4. The van der Waals surface area contributed by atoms with Crippen molar-refractivity contribution in [2.24, 2.45) is 0 Å². The fraction of sp³-hybridized carbons (Fsp3) is 0.235. The van der Waals surface area contributed by atoms with Crippen molar-refractivity contribution in [3.8, 4) is 16.9 Å².